The standard InChI is InChI=1S/C23H29NO4/c1-2-27-21-10-6-7-11-22(21)28-18-23(25)24(16-19-8-4-3-5-9-19)17-20-12-14-26-15-13-20/h3-11,20H,2,12-18H2,1H3. The van der Waals surface area contributed by atoms with Crippen molar-refractivity contribution in [3.8, 4) is 11.5 Å². The zero-order valence-electron chi connectivity index (χ0n) is 16.5. The van der Waals surface area contributed by atoms with Gasteiger partial charge in [-0.05, 0) is 43.4 Å². The van der Waals surface area contributed by atoms with E-state index < -0.39 is 0 Å². The monoisotopic (exact) mass is 383 g/mol. The minimum Gasteiger partial charge on any atom is -0.490 e. The summed E-state index contributed by atoms with van der Waals surface area (Å²) in [6, 6.07) is 17.6. The minimum atomic E-state index is -0.0124. The Balaban J connectivity index is 1.65. The number of rotatable bonds is 9. The lowest BCUT2D eigenvalue weighted by Gasteiger charge is -2.30. The van der Waals surface area contributed by atoms with E-state index in [0.29, 0.717) is 30.6 Å². The summed E-state index contributed by atoms with van der Waals surface area (Å²) in [6.45, 7) is 5.35. The third kappa shape index (κ3) is 5.99. The summed E-state index contributed by atoms with van der Waals surface area (Å²) in [5.41, 5.74) is 1.12. The molecule has 2 aromatic rings. The van der Waals surface area contributed by atoms with E-state index in [9.17, 15) is 4.79 Å². The van der Waals surface area contributed by atoms with E-state index in [2.05, 4.69) is 12.1 Å². The zero-order chi connectivity index (χ0) is 19.6. The molecule has 0 spiro atoms. The first-order valence-electron chi connectivity index (χ1n) is 10.0. The van der Waals surface area contributed by atoms with E-state index in [1.54, 1.807) is 0 Å². The highest BCUT2D eigenvalue weighted by atomic mass is 16.5. The molecule has 1 amide bonds. The molecular weight excluding hydrogens is 354 g/mol. The predicted octanol–water partition coefficient (Wildman–Crippen LogP) is 3.92. The van der Waals surface area contributed by atoms with E-state index in [1.165, 1.54) is 0 Å². The fourth-order valence-electron chi connectivity index (χ4n) is 3.37. The Kier molecular flexibility index (Phi) is 7.73. The van der Waals surface area contributed by atoms with Gasteiger partial charge in [0.25, 0.3) is 5.91 Å². The summed E-state index contributed by atoms with van der Waals surface area (Å²) >= 11 is 0. The van der Waals surface area contributed by atoms with Gasteiger partial charge >= 0.3 is 0 Å². The maximum absolute atomic E-state index is 13.0. The van der Waals surface area contributed by atoms with Crippen LogP contribution in [-0.2, 0) is 16.1 Å². The highest BCUT2D eigenvalue weighted by Crippen LogP contribution is 2.26. The van der Waals surface area contributed by atoms with E-state index in [1.807, 2.05) is 54.3 Å². The van der Waals surface area contributed by atoms with Crippen molar-refractivity contribution in [3.05, 3.63) is 60.2 Å². The van der Waals surface area contributed by atoms with Crippen molar-refractivity contribution in [2.75, 3.05) is 33.0 Å². The summed E-state index contributed by atoms with van der Waals surface area (Å²) in [6.07, 6.45) is 1.99. The van der Waals surface area contributed by atoms with Crippen molar-refractivity contribution < 1.29 is 19.0 Å². The van der Waals surface area contributed by atoms with Crippen LogP contribution in [-0.4, -0.2) is 43.8 Å². The molecule has 0 radical (unpaired) electrons. The molecule has 150 valence electrons. The van der Waals surface area contributed by atoms with Gasteiger partial charge in [0.15, 0.2) is 18.1 Å². The Hall–Kier alpha value is -2.53. The second-order valence-electron chi connectivity index (χ2n) is 6.98. The molecule has 1 aliphatic rings. The summed E-state index contributed by atoms with van der Waals surface area (Å²) in [5.74, 6) is 1.72. The Morgan fingerprint density at radius 2 is 1.64 bits per heavy atom. The molecule has 2 aromatic carbocycles. The first-order valence-corrected chi connectivity index (χ1v) is 10.0. The van der Waals surface area contributed by atoms with Gasteiger partial charge in [0, 0.05) is 26.3 Å². The number of carbonyl (C=O) groups is 1. The van der Waals surface area contributed by atoms with Crippen LogP contribution in [0.2, 0.25) is 0 Å². The van der Waals surface area contributed by atoms with Gasteiger partial charge in [-0.15, -0.1) is 0 Å². The molecule has 0 saturated carbocycles. The maximum atomic E-state index is 13.0. The fraction of sp³-hybridized carbons (Fsp3) is 0.435. The number of ether oxygens (including phenoxy) is 3. The van der Waals surface area contributed by atoms with Gasteiger partial charge in [-0.25, -0.2) is 0 Å². The van der Waals surface area contributed by atoms with Crippen molar-refractivity contribution in [1.29, 1.82) is 0 Å². The second-order valence-corrected chi connectivity index (χ2v) is 6.98. The second kappa shape index (κ2) is 10.7. The van der Waals surface area contributed by atoms with Gasteiger partial charge in [0.1, 0.15) is 0 Å². The molecule has 1 fully saturated rings. The molecule has 5 heteroatoms. The highest BCUT2D eigenvalue weighted by molar-refractivity contribution is 5.78. The Bertz CT molecular complexity index is 728. The molecule has 0 atom stereocenters. The van der Waals surface area contributed by atoms with Crippen LogP contribution in [0.3, 0.4) is 0 Å². The molecule has 0 aliphatic carbocycles. The van der Waals surface area contributed by atoms with Crippen molar-refractivity contribution >= 4 is 5.91 Å². The highest BCUT2D eigenvalue weighted by Gasteiger charge is 2.22. The zero-order valence-corrected chi connectivity index (χ0v) is 16.5. The van der Waals surface area contributed by atoms with Crippen molar-refractivity contribution in [3.63, 3.8) is 0 Å². The summed E-state index contributed by atoms with van der Waals surface area (Å²) < 4.78 is 16.9. The van der Waals surface area contributed by atoms with Crippen LogP contribution < -0.4 is 9.47 Å². The Morgan fingerprint density at radius 3 is 2.32 bits per heavy atom. The molecule has 5 nitrogen and oxygen atoms in total. The molecule has 3 rings (SSSR count). The van der Waals surface area contributed by atoms with Gasteiger partial charge in [0.2, 0.25) is 0 Å². The van der Waals surface area contributed by atoms with Crippen LogP contribution >= 0.6 is 0 Å². The smallest absolute Gasteiger partial charge is 0.260 e. The van der Waals surface area contributed by atoms with Gasteiger partial charge in [-0.2, -0.15) is 0 Å². The molecular formula is C23H29NO4. The van der Waals surface area contributed by atoms with Crippen molar-refractivity contribution in [2.45, 2.75) is 26.3 Å². The largest absolute Gasteiger partial charge is 0.490 e. The quantitative estimate of drug-likeness (QED) is 0.659. The molecule has 0 unspecified atom stereocenters. The van der Waals surface area contributed by atoms with Crippen molar-refractivity contribution in [2.24, 2.45) is 5.92 Å². The number of nitrogens with zero attached hydrogens (tertiary/aromatic N) is 1. The maximum Gasteiger partial charge on any atom is 0.260 e. The van der Waals surface area contributed by atoms with E-state index in [0.717, 1.165) is 38.2 Å². The molecule has 1 saturated heterocycles. The third-order valence-electron chi connectivity index (χ3n) is 4.89. The molecule has 0 N–H and O–H groups in total. The normalized spacial score (nSPS) is 14.5. The topological polar surface area (TPSA) is 48.0 Å². The predicted molar refractivity (Wildman–Crippen MR) is 109 cm³/mol. The Morgan fingerprint density at radius 1 is 1.00 bits per heavy atom. The van der Waals surface area contributed by atoms with Crippen LogP contribution in [0.1, 0.15) is 25.3 Å². The average molecular weight is 383 g/mol. The van der Waals surface area contributed by atoms with Crippen LogP contribution in [0.5, 0.6) is 11.5 Å². The van der Waals surface area contributed by atoms with Gasteiger partial charge in [0.05, 0.1) is 6.61 Å². The molecule has 0 bridgehead atoms. The van der Waals surface area contributed by atoms with Crippen LogP contribution in [0.25, 0.3) is 0 Å². The Labute approximate surface area is 167 Å². The number of carbonyl (C=O) groups excluding carboxylic acids is 1. The van der Waals surface area contributed by atoms with Crippen LogP contribution in [0.4, 0.5) is 0 Å². The molecule has 0 aromatic heterocycles. The average Bonchev–Trinajstić information content (AvgIpc) is 2.74. The van der Waals surface area contributed by atoms with Crippen LogP contribution in [0, 0.1) is 5.92 Å². The molecule has 28 heavy (non-hydrogen) atoms. The van der Waals surface area contributed by atoms with E-state index >= 15 is 0 Å². The molecule has 1 aliphatic heterocycles. The number of benzene rings is 2. The molecule has 1 heterocycles. The van der Waals surface area contributed by atoms with Gasteiger partial charge in [-0.3, -0.25) is 4.79 Å². The minimum absolute atomic E-state index is 0.000140. The lowest BCUT2D eigenvalue weighted by molar-refractivity contribution is -0.135. The van der Waals surface area contributed by atoms with E-state index in [-0.39, 0.29) is 12.5 Å². The first kappa shape index (κ1) is 20.2. The van der Waals surface area contributed by atoms with Gasteiger partial charge < -0.3 is 19.1 Å². The SMILES string of the molecule is CCOc1ccccc1OCC(=O)N(Cc1ccccc1)CC1CCOCC1. The fourth-order valence-corrected chi connectivity index (χ4v) is 3.37. The first-order chi connectivity index (χ1) is 13.8. The summed E-state index contributed by atoms with van der Waals surface area (Å²) in [5, 5.41) is 0. The number of para-hydroxylation sites is 2. The third-order valence-corrected chi connectivity index (χ3v) is 4.89. The lowest BCUT2D eigenvalue weighted by atomic mass is 9.99. The summed E-state index contributed by atoms with van der Waals surface area (Å²) in [4.78, 5) is 14.9. The number of hydrogen-bond acceptors (Lipinski definition) is 4. The van der Waals surface area contributed by atoms with Crippen molar-refractivity contribution in [1.82, 2.24) is 4.90 Å². The number of amides is 1. The lowest BCUT2D eigenvalue weighted by Crippen LogP contribution is -2.39. The van der Waals surface area contributed by atoms with Gasteiger partial charge in [-0.1, -0.05) is 42.5 Å². The summed E-state index contributed by atoms with van der Waals surface area (Å²) in [7, 11) is 0. The van der Waals surface area contributed by atoms with Crippen LogP contribution in [0.15, 0.2) is 54.6 Å². The number of hydrogen-bond donors (Lipinski definition) is 0. The van der Waals surface area contributed by atoms with E-state index in [4.69, 9.17) is 14.2 Å².